The molecule has 3 aromatic rings. The van der Waals surface area contributed by atoms with Gasteiger partial charge in [0.05, 0.1) is 6.20 Å². The van der Waals surface area contributed by atoms with Gasteiger partial charge in [0.25, 0.3) is 0 Å². The van der Waals surface area contributed by atoms with E-state index in [0.717, 1.165) is 28.1 Å². The highest BCUT2D eigenvalue weighted by Gasteiger charge is 2.10. The standard InChI is InChI=1S/C22H24N2O2/c1-14-9-15(2)11-19(10-14)24-21(25)7-8-22-23-13-20(26-22)18-6-5-16(3)17(4)12-18/h5-6,9-13H,7-8H2,1-4H3,(H,24,25). The largest absolute Gasteiger partial charge is 0.441 e. The number of rotatable bonds is 5. The Morgan fingerprint density at radius 2 is 1.73 bits per heavy atom. The normalized spacial score (nSPS) is 10.8. The fourth-order valence-electron chi connectivity index (χ4n) is 2.94. The van der Waals surface area contributed by atoms with Crippen LogP contribution in [0.15, 0.2) is 47.0 Å². The van der Waals surface area contributed by atoms with Crippen molar-refractivity contribution in [3.63, 3.8) is 0 Å². The summed E-state index contributed by atoms with van der Waals surface area (Å²) in [6.45, 7) is 8.19. The maximum Gasteiger partial charge on any atom is 0.224 e. The van der Waals surface area contributed by atoms with Crippen molar-refractivity contribution in [1.29, 1.82) is 0 Å². The molecule has 0 saturated heterocycles. The van der Waals surface area contributed by atoms with E-state index in [2.05, 4.69) is 42.3 Å². The lowest BCUT2D eigenvalue weighted by Crippen LogP contribution is -2.12. The number of aromatic nitrogens is 1. The van der Waals surface area contributed by atoms with Gasteiger partial charge >= 0.3 is 0 Å². The SMILES string of the molecule is Cc1cc(C)cc(NC(=O)CCc2ncc(-c3ccc(C)c(C)c3)o2)c1. The van der Waals surface area contributed by atoms with Crippen LogP contribution < -0.4 is 5.32 Å². The van der Waals surface area contributed by atoms with E-state index in [1.165, 1.54) is 11.1 Å². The van der Waals surface area contributed by atoms with Crippen LogP contribution in [0.1, 0.15) is 34.6 Å². The average Bonchev–Trinajstić information content (AvgIpc) is 3.03. The second-order valence-electron chi connectivity index (χ2n) is 6.84. The van der Waals surface area contributed by atoms with Gasteiger partial charge in [0.15, 0.2) is 11.7 Å². The number of amides is 1. The van der Waals surface area contributed by atoms with Crippen molar-refractivity contribution in [1.82, 2.24) is 4.98 Å². The van der Waals surface area contributed by atoms with Crippen LogP contribution >= 0.6 is 0 Å². The molecule has 0 atom stereocenters. The lowest BCUT2D eigenvalue weighted by atomic mass is 10.1. The second-order valence-corrected chi connectivity index (χ2v) is 6.84. The number of carbonyl (C=O) groups excluding carboxylic acids is 1. The van der Waals surface area contributed by atoms with Crippen molar-refractivity contribution in [3.8, 4) is 11.3 Å². The molecule has 3 rings (SSSR count). The predicted octanol–water partition coefficient (Wildman–Crippen LogP) is 5.15. The lowest BCUT2D eigenvalue weighted by molar-refractivity contribution is -0.116. The first-order valence-electron chi connectivity index (χ1n) is 8.81. The summed E-state index contributed by atoms with van der Waals surface area (Å²) in [6.07, 6.45) is 2.53. The van der Waals surface area contributed by atoms with E-state index in [-0.39, 0.29) is 5.91 Å². The van der Waals surface area contributed by atoms with Gasteiger partial charge in [-0.1, -0.05) is 18.2 Å². The summed E-state index contributed by atoms with van der Waals surface area (Å²) in [5.41, 5.74) is 6.56. The van der Waals surface area contributed by atoms with Gasteiger partial charge < -0.3 is 9.73 Å². The molecule has 0 spiro atoms. The fraction of sp³-hybridized carbons (Fsp3) is 0.273. The highest BCUT2D eigenvalue weighted by molar-refractivity contribution is 5.90. The van der Waals surface area contributed by atoms with Crippen molar-refractivity contribution in [2.75, 3.05) is 5.32 Å². The number of hydrogen-bond acceptors (Lipinski definition) is 3. The van der Waals surface area contributed by atoms with Crippen LogP contribution in [-0.2, 0) is 11.2 Å². The number of benzene rings is 2. The molecule has 1 heterocycles. The minimum Gasteiger partial charge on any atom is -0.441 e. The third-order valence-electron chi connectivity index (χ3n) is 4.42. The minimum absolute atomic E-state index is 0.0408. The monoisotopic (exact) mass is 348 g/mol. The van der Waals surface area contributed by atoms with Crippen molar-refractivity contribution < 1.29 is 9.21 Å². The summed E-state index contributed by atoms with van der Waals surface area (Å²) < 4.78 is 5.81. The number of oxazole rings is 1. The molecule has 26 heavy (non-hydrogen) atoms. The van der Waals surface area contributed by atoms with E-state index in [1.54, 1.807) is 6.20 Å². The van der Waals surface area contributed by atoms with Gasteiger partial charge in [0.1, 0.15) is 0 Å². The van der Waals surface area contributed by atoms with Gasteiger partial charge in [0, 0.05) is 24.1 Å². The van der Waals surface area contributed by atoms with Gasteiger partial charge in [-0.2, -0.15) is 0 Å². The average molecular weight is 348 g/mol. The maximum atomic E-state index is 12.2. The number of hydrogen-bond donors (Lipinski definition) is 1. The van der Waals surface area contributed by atoms with Crippen LogP contribution in [0.5, 0.6) is 0 Å². The van der Waals surface area contributed by atoms with Gasteiger partial charge in [-0.15, -0.1) is 0 Å². The maximum absolute atomic E-state index is 12.2. The molecular formula is C22H24N2O2. The molecule has 0 aliphatic carbocycles. The molecular weight excluding hydrogens is 324 g/mol. The highest BCUT2D eigenvalue weighted by Crippen LogP contribution is 2.23. The summed E-state index contributed by atoms with van der Waals surface area (Å²) >= 11 is 0. The molecule has 2 aromatic carbocycles. The topological polar surface area (TPSA) is 55.1 Å². The van der Waals surface area contributed by atoms with Gasteiger partial charge in [-0.05, 0) is 68.1 Å². The zero-order chi connectivity index (χ0) is 18.7. The fourth-order valence-corrected chi connectivity index (χ4v) is 2.94. The number of nitrogens with zero attached hydrogens (tertiary/aromatic N) is 1. The molecule has 1 amide bonds. The molecule has 0 bridgehead atoms. The molecule has 0 unspecified atom stereocenters. The van der Waals surface area contributed by atoms with E-state index in [4.69, 9.17) is 4.42 Å². The van der Waals surface area contributed by atoms with E-state index >= 15 is 0 Å². The van der Waals surface area contributed by atoms with Crippen LogP contribution in [0.3, 0.4) is 0 Å². The molecule has 0 radical (unpaired) electrons. The molecule has 0 fully saturated rings. The molecule has 134 valence electrons. The molecule has 0 saturated carbocycles. The number of carbonyl (C=O) groups is 1. The van der Waals surface area contributed by atoms with Crippen molar-refractivity contribution in [2.24, 2.45) is 0 Å². The number of aryl methyl sites for hydroxylation is 5. The van der Waals surface area contributed by atoms with E-state index < -0.39 is 0 Å². The molecule has 4 heteroatoms. The third kappa shape index (κ3) is 4.39. The van der Waals surface area contributed by atoms with E-state index in [1.807, 2.05) is 32.0 Å². The Morgan fingerprint density at radius 3 is 2.42 bits per heavy atom. The summed E-state index contributed by atoms with van der Waals surface area (Å²) in [5, 5.41) is 2.94. The molecule has 1 aromatic heterocycles. The van der Waals surface area contributed by atoms with Gasteiger partial charge in [0.2, 0.25) is 5.91 Å². The Morgan fingerprint density at radius 1 is 1.00 bits per heavy atom. The van der Waals surface area contributed by atoms with Crippen LogP contribution in [0.2, 0.25) is 0 Å². The second kappa shape index (κ2) is 7.56. The first kappa shape index (κ1) is 17.9. The lowest BCUT2D eigenvalue weighted by Gasteiger charge is -2.07. The Bertz CT molecular complexity index is 921. The van der Waals surface area contributed by atoms with Crippen molar-refractivity contribution in [3.05, 3.63) is 70.7 Å². The number of nitrogens with one attached hydrogen (secondary N) is 1. The Kier molecular flexibility index (Phi) is 5.21. The number of anilines is 1. The van der Waals surface area contributed by atoms with Crippen LogP contribution in [0.4, 0.5) is 5.69 Å². The third-order valence-corrected chi connectivity index (χ3v) is 4.42. The van der Waals surface area contributed by atoms with E-state index in [0.29, 0.717) is 18.7 Å². The smallest absolute Gasteiger partial charge is 0.224 e. The predicted molar refractivity (Wildman–Crippen MR) is 104 cm³/mol. The van der Waals surface area contributed by atoms with Gasteiger partial charge in [-0.25, -0.2) is 4.98 Å². The summed E-state index contributed by atoms with van der Waals surface area (Å²) in [6, 6.07) is 12.2. The Labute approximate surface area is 154 Å². The summed E-state index contributed by atoms with van der Waals surface area (Å²) in [7, 11) is 0. The molecule has 1 N–H and O–H groups in total. The molecule has 0 aliphatic rings. The van der Waals surface area contributed by atoms with E-state index in [9.17, 15) is 4.79 Å². The Hall–Kier alpha value is -2.88. The minimum atomic E-state index is -0.0408. The van der Waals surface area contributed by atoms with Crippen LogP contribution in [0.25, 0.3) is 11.3 Å². The quantitative estimate of drug-likeness (QED) is 0.694. The summed E-state index contributed by atoms with van der Waals surface area (Å²) in [5.74, 6) is 1.27. The highest BCUT2D eigenvalue weighted by atomic mass is 16.4. The summed E-state index contributed by atoms with van der Waals surface area (Å²) in [4.78, 5) is 16.5. The van der Waals surface area contributed by atoms with Crippen molar-refractivity contribution >= 4 is 11.6 Å². The molecule has 0 aliphatic heterocycles. The van der Waals surface area contributed by atoms with Gasteiger partial charge in [-0.3, -0.25) is 4.79 Å². The van der Waals surface area contributed by atoms with Crippen molar-refractivity contribution in [2.45, 2.75) is 40.5 Å². The van der Waals surface area contributed by atoms with Crippen LogP contribution in [0, 0.1) is 27.7 Å². The zero-order valence-corrected chi connectivity index (χ0v) is 15.7. The first-order valence-corrected chi connectivity index (χ1v) is 8.81. The first-order chi connectivity index (χ1) is 12.4. The molecule has 4 nitrogen and oxygen atoms in total. The Balaban J connectivity index is 1.60. The van der Waals surface area contributed by atoms with Crippen LogP contribution in [-0.4, -0.2) is 10.9 Å². The zero-order valence-electron chi connectivity index (χ0n) is 15.7.